The van der Waals surface area contributed by atoms with Gasteiger partial charge in [-0.3, -0.25) is 9.69 Å². The Morgan fingerprint density at radius 1 is 1.38 bits per heavy atom. The van der Waals surface area contributed by atoms with Gasteiger partial charge in [-0.15, -0.1) is 0 Å². The summed E-state index contributed by atoms with van der Waals surface area (Å²) < 4.78 is 13.2. The minimum atomic E-state index is -1.12. The first-order valence-corrected chi connectivity index (χ1v) is 6.83. The van der Waals surface area contributed by atoms with Crippen LogP contribution in [-0.2, 0) is 4.79 Å². The lowest BCUT2D eigenvalue weighted by Gasteiger charge is -2.26. The van der Waals surface area contributed by atoms with Crippen molar-refractivity contribution in [3.8, 4) is 0 Å². The second-order valence-corrected chi connectivity index (χ2v) is 5.77. The highest BCUT2D eigenvalue weighted by Crippen LogP contribution is 2.27. The molecular weight excluding hydrogens is 275 g/mol. The SMILES string of the molecule is CC(C)[C@]1(C)NC(=O)N(C[C@@H](O)c2cccc(F)c2)C1=O. The van der Waals surface area contributed by atoms with Gasteiger partial charge in [-0.25, -0.2) is 9.18 Å². The Bertz CT molecular complexity index is 576. The van der Waals surface area contributed by atoms with E-state index in [0.29, 0.717) is 5.56 Å². The number of rotatable bonds is 4. The van der Waals surface area contributed by atoms with Crippen LogP contribution in [0.1, 0.15) is 32.4 Å². The average molecular weight is 294 g/mol. The van der Waals surface area contributed by atoms with Crippen LogP contribution in [0.2, 0.25) is 0 Å². The fourth-order valence-corrected chi connectivity index (χ4v) is 2.26. The summed E-state index contributed by atoms with van der Waals surface area (Å²) in [6.45, 7) is 5.14. The molecule has 3 amide bonds. The van der Waals surface area contributed by atoms with Crippen molar-refractivity contribution in [1.82, 2.24) is 10.2 Å². The fourth-order valence-electron chi connectivity index (χ4n) is 2.26. The molecular formula is C15H19FN2O3. The Balaban J connectivity index is 2.16. The lowest BCUT2D eigenvalue weighted by atomic mass is 9.88. The Labute approximate surface area is 122 Å². The number of carbonyl (C=O) groups excluding carboxylic acids is 2. The molecule has 1 aliphatic rings. The fraction of sp³-hybridized carbons (Fsp3) is 0.467. The molecule has 1 heterocycles. The van der Waals surface area contributed by atoms with Gasteiger partial charge >= 0.3 is 6.03 Å². The first kappa shape index (κ1) is 15.4. The maximum Gasteiger partial charge on any atom is 0.325 e. The number of aliphatic hydroxyl groups excluding tert-OH is 1. The van der Waals surface area contributed by atoms with E-state index < -0.39 is 23.5 Å². The van der Waals surface area contributed by atoms with E-state index in [2.05, 4.69) is 5.32 Å². The lowest BCUT2D eigenvalue weighted by molar-refractivity contribution is -0.133. The van der Waals surface area contributed by atoms with Crippen molar-refractivity contribution in [3.63, 3.8) is 0 Å². The number of nitrogens with zero attached hydrogens (tertiary/aromatic N) is 1. The molecule has 2 rings (SSSR count). The summed E-state index contributed by atoms with van der Waals surface area (Å²) in [5.74, 6) is -0.931. The van der Waals surface area contributed by atoms with Crippen molar-refractivity contribution >= 4 is 11.9 Å². The van der Waals surface area contributed by atoms with Gasteiger partial charge in [0.15, 0.2) is 0 Å². The molecule has 1 saturated heterocycles. The molecule has 1 aromatic carbocycles. The molecule has 1 aliphatic heterocycles. The van der Waals surface area contributed by atoms with Crippen molar-refractivity contribution in [3.05, 3.63) is 35.6 Å². The van der Waals surface area contributed by atoms with E-state index in [9.17, 15) is 19.1 Å². The molecule has 5 nitrogen and oxygen atoms in total. The third-order valence-electron chi connectivity index (χ3n) is 4.04. The molecule has 0 radical (unpaired) electrons. The number of nitrogens with one attached hydrogen (secondary N) is 1. The van der Waals surface area contributed by atoms with Crippen LogP contribution in [0, 0.1) is 11.7 Å². The van der Waals surface area contributed by atoms with Crippen molar-refractivity contribution in [2.24, 2.45) is 5.92 Å². The predicted octanol–water partition coefficient (Wildman–Crippen LogP) is 1.83. The van der Waals surface area contributed by atoms with Crippen LogP contribution in [-0.4, -0.2) is 34.0 Å². The number of aliphatic hydroxyl groups is 1. The summed E-state index contributed by atoms with van der Waals surface area (Å²) in [5.41, 5.74) is -0.646. The first-order valence-electron chi connectivity index (χ1n) is 6.83. The zero-order valence-corrected chi connectivity index (χ0v) is 12.3. The van der Waals surface area contributed by atoms with Crippen LogP contribution < -0.4 is 5.32 Å². The van der Waals surface area contributed by atoms with Crippen LogP contribution >= 0.6 is 0 Å². The summed E-state index contributed by atoms with van der Waals surface area (Å²) in [4.78, 5) is 25.3. The highest BCUT2D eigenvalue weighted by atomic mass is 19.1. The molecule has 0 bridgehead atoms. The van der Waals surface area contributed by atoms with Crippen LogP contribution in [0.15, 0.2) is 24.3 Å². The van der Waals surface area contributed by atoms with E-state index >= 15 is 0 Å². The van der Waals surface area contributed by atoms with Crippen LogP contribution in [0.3, 0.4) is 0 Å². The molecule has 21 heavy (non-hydrogen) atoms. The van der Waals surface area contributed by atoms with Crippen LogP contribution in [0.5, 0.6) is 0 Å². The Morgan fingerprint density at radius 2 is 2.05 bits per heavy atom. The van der Waals surface area contributed by atoms with E-state index in [-0.39, 0.29) is 18.4 Å². The third-order valence-corrected chi connectivity index (χ3v) is 4.04. The lowest BCUT2D eigenvalue weighted by Crippen LogP contribution is -2.48. The second kappa shape index (κ2) is 5.44. The molecule has 0 unspecified atom stereocenters. The average Bonchev–Trinajstić information content (AvgIpc) is 2.63. The highest BCUT2D eigenvalue weighted by Gasteiger charge is 2.49. The first-order chi connectivity index (χ1) is 9.75. The van der Waals surface area contributed by atoms with Crippen molar-refractivity contribution < 1.29 is 19.1 Å². The summed E-state index contributed by atoms with van der Waals surface area (Å²) in [6, 6.07) is 4.93. The van der Waals surface area contributed by atoms with Gasteiger partial charge in [-0.2, -0.15) is 0 Å². The zero-order chi connectivity index (χ0) is 15.8. The van der Waals surface area contributed by atoms with E-state index in [1.807, 2.05) is 13.8 Å². The standard InChI is InChI=1S/C15H19FN2O3/c1-9(2)15(3)13(20)18(14(21)17-15)8-12(19)10-5-4-6-11(16)7-10/h4-7,9,12,19H,8H2,1-3H3,(H,17,21)/t12-,15+/m1/s1. The third kappa shape index (κ3) is 2.76. The monoisotopic (exact) mass is 294 g/mol. The second-order valence-electron chi connectivity index (χ2n) is 5.77. The Morgan fingerprint density at radius 3 is 2.57 bits per heavy atom. The predicted molar refractivity (Wildman–Crippen MR) is 74.8 cm³/mol. The smallest absolute Gasteiger partial charge is 0.325 e. The largest absolute Gasteiger partial charge is 0.387 e. The van der Waals surface area contributed by atoms with Crippen LogP contribution in [0.25, 0.3) is 0 Å². The molecule has 1 aromatic rings. The van der Waals surface area contributed by atoms with Gasteiger partial charge in [-0.05, 0) is 30.5 Å². The summed E-state index contributed by atoms with van der Waals surface area (Å²) in [6.07, 6.45) is -1.12. The topological polar surface area (TPSA) is 69.6 Å². The minimum Gasteiger partial charge on any atom is -0.387 e. The van der Waals surface area contributed by atoms with E-state index in [1.165, 1.54) is 18.2 Å². The number of β-amino-alcohol motifs (C(OH)–C–C–N with tert-alkyl or cyclic N) is 1. The molecule has 0 aliphatic carbocycles. The molecule has 2 N–H and O–H groups in total. The van der Waals surface area contributed by atoms with Gasteiger partial charge in [0.2, 0.25) is 0 Å². The van der Waals surface area contributed by atoms with Gasteiger partial charge in [-0.1, -0.05) is 26.0 Å². The summed E-state index contributed by atoms with van der Waals surface area (Å²) >= 11 is 0. The normalized spacial score (nSPS) is 23.6. The zero-order valence-electron chi connectivity index (χ0n) is 12.3. The minimum absolute atomic E-state index is 0.0785. The number of amides is 3. The molecule has 2 atom stereocenters. The van der Waals surface area contributed by atoms with E-state index in [1.54, 1.807) is 13.0 Å². The van der Waals surface area contributed by atoms with Crippen LogP contribution in [0.4, 0.5) is 9.18 Å². The molecule has 0 aromatic heterocycles. The van der Waals surface area contributed by atoms with Crippen molar-refractivity contribution in [2.75, 3.05) is 6.54 Å². The molecule has 1 fully saturated rings. The Hall–Kier alpha value is -1.95. The number of carbonyl (C=O) groups is 2. The number of hydrogen-bond acceptors (Lipinski definition) is 3. The Kier molecular flexibility index (Phi) is 4.00. The van der Waals surface area contributed by atoms with Gasteiger partial charge in [0.25, 0.3) is 5.91 Å². The van der Waals surface area contributed by atoms with Gasteiger partial charge in [0.05, 0.1) is 12.6 Å². The highest BCUT2D eigenvalue weighted by molar-refractivity contribution is 6.07. The number of benzene rings is 1. The van der Waals surface area contributed by atoms with Gasteiger partial charge < -0.3 is 10.4 Å². The van der Waals surface area contributed by atoms with Gasteiger partial charge in [0, 0.05) is 0 Å². The molecule has 114 valence electrons. The van der Waals surface area contributed by atoms with E-state index in [0.717, 1.165) is 4.90 Å². The quantitative estimate of drug-likeness (QED) is 0.832. The number of imide groups is 1. The maximum atomic E-state index is 13.2. The summed E-state index contributed by atoms with van der Waals surface area (Å²) in [5, 5.41) is 12.8. The summed E-state index contributed by atoms with van der Waals surface area (Å²) in [7, 11) is 0. The van der Waals surface area contributed by atoms with Gasteiger partial charge in [0.1, 0.15) is 11.4 Å². The molecule has 6 heteroatoms. The van der Waals surface area contributed by atoms with Crippen molar-refractivity contribution in [2.45, 2.75) is 32.4 Å². The molecule has 0 saturated carbocycles. The number of hydrogen-bond donors (Lipinski definition) is 2. The van der Waals surface area contributed by atoms with Crippen molar-refractivity contribution in [1.29, 1.82) is 0 Å². The molecule has 0 spiro atoms. The van der Waals surface area contributed by atoms with E-state index in [4.69, 9.17) is 0 Å². The maximum absolute atomic E-state index is 13.2. The number of halogens is 1. The number of urea groups is 1.